The van der Waals surface area contributed by atoms with Gasteiger partial charge in [0.2, 0.25) is 11.9 Å². The molecule has 0 spiro atoms. The summed E-state index contributed by atoms with van der Waals surface area (Å²) in [5, 5.41) is 3.33. The highest BCUT2D eigenvalue weighted by Gasteiger charge is 2.28. The SMILES string of the molecule is C=CC(=O)N1CCN(c2ncc3ncnc(Nc4cc(C)c(Oc5cc(F)c6c(c5)ncn6C)cc4OC)c3n2)C[C@H]1C. The van der Waals surface area contributed by atoms with Crippen molar-refractivity contribution >= 4 is 45.4 Å². The molecule has 1 aliphatic heterocycles. The molecule has 3 aromatic heterocycles. The van der Waals surface area contributed by atoms with Crippen LogP contribution in [-0.4, -0.2) is 73.1 Å². The van der Waals surface area contributed by atoms with Crippen LogP contribution in [0.15, 0.2) is 55.8 Å². The smallest absolute Gasteiger partial charge is 0.246 e. The molecule has 1 N–H and O–H groups in total. The minimum absolute atomic E-state index is 0.0292. The van der Waals surface area contributed by atoms with E-state index in [1.807, 2.05) is 24.8 Å². The second-order valence-electron chi connectivity index (χ2n) is 10.3. The highest BCUT2D eigenvalue weighted by molar-refractivity contribution is 5.89. The largest absolute Gasteiger partial charge is 0.494 e. The Labute approximate surface area is 246 Å². The summed E-state index contributed by atoms with van der Waals surface area (Å²) in [6, 6.07) is 6.59. The molecule has 13 heteroatoms. The predicted octanol–water partition coefficient (Wildman–Crippen LogP) is 4.52. The van der Waals surface area contributed by atoms with Gasteiger partial charge in [-0.1, -0.05) is 6.58 Å². The van der Waals surface area contributed by atoms with Crippen molar-refractivity contribution in [2.45, 2.75) is 19.9 Å². The van der Waals surface area contributed by atoms with Crippen molar-refractivity contribution in [3.05, 3.63) is 67.2 Å². The molecule has 1 aliphatic rings. The number of hydrogen-bond acceptors (Lipinski definition) is 10. The van der Waals surface area contributed by atoms with Crippen molar-refractivity contribution in [2.75, 3.05) is 37.0 Å². The van der Waals surface area contributed by atoms with E-state index in [4.69, 9.17) is 14.5 Å². The normalized spacial score (nSPS) is 15.1. The van der Waals surface area contributed by atoms with Crippen LogP contribution < -0.4 is 19.7 Å². The molecule has 0 unspecified atom stereocenters. The van der Waals surface area contributed by atoms with Crippen molar-refractivity contribution in [3.63, 3.8) is 0 Å². The van der Waals surface area contributed by atoms with Crippen LogP contribution in [0.5, 0.6) is 17.2 Å². The van der Waals surface area contributed by atoms with Crippen molar-refractivity contribution in [2.24, 2.45) is 7.05 Å². The van der Waals surface area contributed by atoms with Crippen LogP contribution in [0.1, 0.15) is 12.5 Å². The summed E-state index contributed by atoms with van der Waals surface area (Å²) in [6.07, 6.45) is 6.00. The number of aryl methyl sites for hydroxylation is 2. The summed E-state index contributed by atoms with van der Waals surface area (Å²) in [5.41, 5.74) is 3.41. The van der Waals surface area contributed by atoms with E-state index < -0.39 is 5.82 Å². The van der Waals surface area contributed by atoms with Crippen LogP contribution in [0.3, 0.4) is 0 Å². The third-order valence-electron chi connectivity index (χ3n) is 7.45. The number of ether oxygens (including phenoxy) is 2. The number of anilines is 3. The van der Waals surface area contributed by atoms with E-state index in [-0.39, 0.29) is 11.9 Å². The van der Waals surface area contributed by atoms with Gasteiger partial charge in [-0.3, -0.25) is 4.79 Å². The number of amides is 1. The van der Waals surface area contributed by atoms with Gasteiger partial charge in [0.1, 0.15) is 40.1 Å². The van der Waals surface area contributed by atoms with Crippen LogP contribution in [0.2, 0.25) is 0 Å². The second kappa shape index (κ2) is 11.2. The Morgan fingerprint density at radius 2 is 1.95 bits per heavy atom. The molecule has 0 radical (unpaired) electrons. The molecule has 12 nitrogen and oxygen atoms in total. The van der Waals surface area contributed by atoms with Crippen molar-refractivity contribution < 1.29 is 18.7 Å². The number of imidazole rings is 1. The Morgan fingerprint density at radius 3 is 2.72 bits per heavy atom. The number of methoxy groups -OCH3 is 1. The number of nitrogens with zero attached hydrogens (tertiary/aromatic N) is 8. The number of piperazine rings is 1. The quantitative estimate of drug-likeness (QED) is 0.274. The zero-order valence-electron chi connectivity index (χ0n) is 24.2. The van der Waals surface area contributed by atoms with Gasteiger partial charge >= 0.3 is 0 Å². The zero-order valence-corrected chi connectivity index (χ0v) is 24.2. The molecule has 1 amide bonds. The third kappa shape index (κ3) is 5.25. The summed E-state index contributed by atoms with van der Waals surface area (Å²) in [5.74, 6) is 1.78. The van der Waals surface area contributed by atoms with Crippen molar-refractivity contribution in [3.8, 4) is 17.2 Å². The fourth-order valence-corrected chi connectivity index (χ4v) is 5.25. The number of carbonyl (C=O) groups is 1. The fraction of sp³-hybridized carbons (Fsp3) is 0.267. The van der Waals surface area contributed by atoms with E-state index in [1.165, 1.54) is 18.5 Å². The number of benzene rings is 2. The standard InChI is InChI=1S/C30H30FN9O3/c1-6-26(41)40-8-7-39(14-18(40)3)30-32-13-23-27(37-30)29(34-15-33-23)36-21-9-17(2)24(12-25(21)42-5)43-19-10-20(31)28-22(11-19)35-16-38(28)4/h6,9-13,15-16,18H,1,7-8,14H2,2-5H3,(H,33,34,36)/t18-/m1/s1. The molecule has 1 atom stereocenters. The van der Waals surface area contributed by atoms with Gasteiger partial charge in [0, 0.05) is 50.9 Å². The van der Waals surface area contributed by atoms with Crippen molar-refractivity contribution in [1.29, 1.82) is 0 Å². The highest BCUT2D eigenvalue weighted by atomic mass is 19.1. The van der Waals surface area contributed by atoms with Gasteiger partial charge < -0.3 is 29.2 Å². The molecule has 5 aromatic rings. The maximum atomic E-state index is 14.7. The lowest BCUT2D eigenvalue weighted by molar-refractivity contribution is -0.128. The van der Waals surface area contributed by atoms with E-state index in [0.29, 0.717) is 76.4 Å². The van der Waals surface area contributed by atoms with E-state index >= 15 is 0 Å². The Bertz CT molecular complexity index is 1880. The number of halogens is 1. The Hall–Kier alpha value is -5.33. The topological polar surface area (TPSA) is 123 Å². The molecule has 0 saturated carbocycles. The molecule has 2 aromatic carbocycles. The summed E-state index contributed by atoms with van der Waals surface area (Å²) in [6.45, 7) is 9.16. The molecule has 43 heavy (non-hydrogen) atoms. The number of fused-ring (bicyclic) bond motifs is 2. The average molecular weight is 584 g/mol. The first-order chi connectivity index (χ1) is 20.7. The first kappa shape index (κ1) is 27.8. The van der Waals surface area contributed by atoms with Crippen LogP contribution in [0.4, 0.5) is 21.8 Å². The molecule has 1 fully saturated rings. The molecular weight excluding hydrogens is 553 g/mol. The average Bonchev–Trinajstić information content (AvgIpc) is 3.38. The Balaban J connectivity index is 1.28. The van der Waals surface area contributed by atoms with E-state index in [9.17, 15) is 9.18 Å². The van der Waals surface area contributed by atoms with E-state index in [1.54, 1.807) is 48.3 Å². The van der Waals surface area contributed by atoms with Gasteiger partial charge in [0.15, 0.2) is 11.6 Å². The van der Waals surface area contributed by atoms with E-state index in [0.717, 1.165) is 5.56 Å². The second-order valence-corrected chi connectivity index (χ2v) is 10.3. The minimum Gasteiger partial charge on any atom is -0.494 e. The maximum absolute atomic E-state index is 14.7. The molecule has 220 valence electrons. The fourth-order valence-electron chi connectivity index (χ4n) is 5.25. The minimum atomic E-state index is -0.422. The monoisotopic (exact) mass is 583 g/mol. The summed E-state index contributed by atoms with van der Waals surface area (Å²) >= 11 is 0. The van der Waals surface area contributed by atoms with Crippen LogP contribution in [-0.2, 0) is 11.8 Å². The summed E-state index contributed by atoms with van der Waals surface area (Å²) in [4.78, 5) is 38.3. The van der Waals surface area contributed by atoms with Gasteiger partial charge in [-0.2, -0.15) is 0 Å². The number of rotatable bonds is 7. The summed E-state index contributed by atoms with van der Waals surface area (Å²) in [7, 11) is 3.29. The summed E-state index contributed by atoms with van der Waals surface area (Å²) < 4.78 is 28.1. The number of carbonyl (C=O) groups excluding carboxylic acids is 1. The van der Waals surface area contributed by atoms with E-state index in [2.05, 4.69) is 31.8 Å². The van der Waals surface area contributed by atoms with Gasteiger partial charge in [0.05, 0.1) is 30.8 Å². The highest BCUT2D eigenvalue weighted by Crippen LogP contribution is 2.38. The number of hydrogen-bond donors (Lipinski definition) is 1. The van der Waals surface area contributed by atoms with Gasteiger partial charge in [-0.15, -0.1) is 0 Å². The van der Waals surface area contributed by atoms with Gasteiger partial charge in [-0.05, 0) is 31.6 Å². The van der Waals surface area contributed by atoms with Crippen LogP contribution in [0.25, 0.3) is 22.1 Å². The van der Waals surface area contributed by atoms with Crippen molar-refractivity contribution in [1.82, 2.24) is 34.4 Å². The first-order valence-corrected chi connectivity index (χ1v) is 13.7. The molecule has 0 aliphatic carbocycles. The maximum Gasteiger partial charge on any atom is 0.246 e. The zero-order chi connectivity index (χ0) is 30.2. The lowest BCUT2D eigenvalue weighted by Gasteiger charge is -2.39. The molecule has 4 heterocycles. The Morgan fingerprint density at radius 1 is 1.12 bits per heavy atom. The van der Waals surface area contributed by atoms with Gasteiger partial charge in [0.25, 0.3) is 0 Å². The predicted molar refractivity (Wildman–Crippen MR) is 160 cm³/mol. The lowest BCUT2D eigenvalue weighted by atomic mass is 10.1. The molecular formula is C30H30FN9O3. The van der Waals surface area contributed by atoms with Crippen LogP contribution >= 0.6 is 0 Å². The van der Waals surface area contributed by atoms with Crippen LogP contribution in [0, 0.1) is 12.7 Å². The number of nitrogens with one attached hydrogen (secondary N) is 1. The third-order valence-corrected chi connectivity index (χ3v) is 7.45. The Kier molecular flexibility index (Phi) is 7.22. The van der Waals surface area contributed by atoms with Gasteiger partial charge in [-0.25, -0.2) is 29.3 Å². The lowest BCUT2D eigenvalue weighted by Crippen LogP contribution is -2.54. The molecule has 6 rings (SSSR count). The molecule has 0 bridgehead atoms. The number of aromatic nitrogens is 6. The first-order valence-electron chi connectivity index (χ1n) is 13.7. The molecule has 1 saturated heterocycles.